The number of phosphoric acid groups is 1. The highest BCUT2D eigenvalue weighted by Crippen LogP contribution is 2.38. The third-order valence-electron chi connectivity index (χ3n) is 14.4. The van der Waals surface area contributed by atoms with Crippen LogP contribution in [0.1, 0.15) is 297 Å². The Morgan fingerprint density at radius 3 is 1.23 bits per heavy atom. The maximum Gasteiger partial charge on any atom is 0.306 e. The number of nitrogens with zero attached hydrogens (tertiary/aromatic N) is 1. The molecule has 3 unspecified atom stereocenters. The molecule has 0 aliphatic rings. The Balaban J connectivity index is 5.22. The molecule has 0 saturated carbocycles. The van der Waals surface area contributed by atoms with E-state index in [0.717, 1.165) is 64.2 Å². The van der Waals surface area contributed by atoms with Crippen LogP contribution >= 0.6 is 7.82 Å². The maximum atomic E-state index is 13.6. The van der Waals surface area contributed by atoms with Crippen molar-refractivity contribution in [2.24, 2.45) is 0 Å². The largest absolute Gasteiger partial charge is 0.756 e. The molecular formula is C68H125N2O7P. The van der Waals surface area contributed by atoms with Crippen molar-refractivity contribution in [1.29, 1.82) is 0 Å². The summed E-state index contributed by atoms with van der Waals surface area (Å²) in [5, 5.41) is 3.02. The summed E-state index contributed by atoms with van der Waals surface area (Å²) in [6.45, 7) is 6.79. The highest BCUT2D eigenvalue weighted by Gasteiger charge is 2.27. The minimum atomic E-state index is -4.71. The number of rotatable bonds is 59. The van der Waals surface area contributed by atoms with Crippen molar-refractivity contribution in [1.82, 2.24) is 5.32 Å². The molecule has 0 radical (unpaired) electrons. The number of hydrogen-bond acceptors (Lipinski definition) is 7. The van der Waals surface area contributed by atoms with Crippen LogP contribution in [0.15, 0.2) is 72.9 Å². The topological polar surface area (TPSA) is 114 Å². The second kappa shape index (κ2) is 57.7. The van der Waals surface area contributed by atoms with Gasteiger partial charge < -0.3 is 28.5 Å². The molecule has 0 aromatic carbocycles. The monoisotopic (exact) mass is 1110 g/mol. The number of carbonyl (C=O) groups excluding carboxylic acids is 2. The Morgan fingerprint density at radius 1 is 0.449 bits per heavy atom. The lowest BCUT2D eigenvalue weighted by Gasteiger charge is -2.30. The van der Waals surface area contributed by atoms with Gasteiger partial charge in [-0.1, -0.05) is 261 Å². The van der Waals surface area contributed by atoms with E-state index in [1.807, 2.05) is 33.3 Å². The van der Waals surface area contributed by atoms with E-state index in [9.17, 15) is 19.0 Å². The summed E-state index contributed by atoms with van der Waals surface area (Å²) in [7, 11) is 1.16. The van der Waals surface area contributed by atoms with E-state index in [4.69, 9.17) is 13.8 Å². The molecule has 78 heavy (non-hydrogen) atoms. The molecule has 0 rings (SSSR count). The van der Waals surface area contributed by atoms with Crippen LogP contribution in [0.5, 0.6) is 0 Å². The lowest BCUT2D eigenvalue weighted by Crippen LogP contribution is -2.47. The smallest absolute Gasteiger partial charge is 0.306 e. The molecule has 0 aliphatic heterocycles. The van der Waals surface area contributed by atoms with Gasteiger partial charge in [-0.2, -0.15) is 0 Å². The molecule has 0 bridgehead atoms. The van der Waals surface area contributed by atoms with Gasteiger partial charge in [0.2, 0.25) is 5.91 Å². The van der Waals surface area contributed by atoms with Gasteiger partial charge in [-0.25, -0.2) is 0 Å². The van der Waals surface area contributed by atoms with E-state index < -0.39 is 32.5 Å². The number of quaternary nitrogens is 1. The van der Waals surface area contributed by atoms with Gasteiger partial charge in [0.15, 0.2) is 0 Å². The summed E-state index contributed by atoms with van der Waals surface area (Å²) in [6, 6.07) is -0.912. The Hall–Kier alpha value is -2.55. The van der Waals surface area contributed by atoms with E-state index >= 15 is 0 Å². The van der Waals surface area contributed by atoms with Crippen LogP contribution in [0.2, 0.25) is 0 Å². The molecule has 1 N–H and O–H groups in total. The average molecular weight is 1110 g/mol. The fourth-order valence-electron chi connectivity index (χ4n) is 9.27. The second-order valence-corrected chi connectivity index (χ2v) is 24.7. The zero-order chi connectivity index (χ0) is 57.2. The fraction of sp³-hybridized carbons (Fsp3) is 0.794. The standard InChI is InChI=1S/C68H125N2O7P/c1-7-10-13-16-19-22-25-28-30-32-33-34-35-36-37-39-40-42-45-48-51-54-57-60-67(71)69-65(64-76-78(73,74)75-63-62-70(4,5)6)66(59-56-53-50-47-44-27-24-21-18-15-12-9-3)77-68(72)61-58-55-52-49-46-43-41-38-31-29-26-23-20-17-14-11-8-2/h20,23,28-31,41,43,49,52,56,59,65-66H,7-19,21-22,24-27,32-40,42,44-48,50-51,53-55,57-58,60-64H2,1-6H3,(H-,69,71,73,74)/b23-20-,30-28+,31-29-,43-41-,52-49-,59-56-. The summed E-state index contributed by atoms with van der Waals surface area (Å²) in [6.07, 6.45) is 74.5. The molecule has 9 nitrogen and oxygen atoms in total. The number of carbonyl (C=O) groups is 2. The van der Waals surface area contributed by atoms with Crippen molar-refractivity contribution in [3.63, 3.8) is 0 Å². The molecule has 0 aromatic heterocycles. The highest BCUT2D eigenvalue weighted by molar-refractivity contribution is 7.45. The molecular weight excluding hydrogens is 988 g/mol. The predicted octanol–water partition coefficient (Wildman–Crippen LogP) is 19.8. The summed E-state index contributed by atoms with van der Waals surface area (Å²) in [4.78, 5) is 40.0. The third-order valence-corrected chi connectivity index (χ3v) is 15.3. The van der Waals surface area contributed by atoms with E-state index in [1.54, 1.807) is 0 Å². The number of nitrogens with one attached hydrogen (secondary N) is 1. The van der Waals surface area contributed by atoms with Crippen LogP contribution in [0.25, 0.3) is 0 Å². The number of amides is 1. The van der Waals surface area contributed by atoms with Crippen molar-refractivity contribution in [2.75, 3.05) is 40.9 Å². The van der Waals surface area contributed by atoms with E-state index in [1.165, 1.54) is 193 Å². The van der Waals surface area contributed by atoms with Crippen molar-refractivity contribution in [3.05, 3.63) is 72.9 Å². The van der Waals surface area contributed by atoms with Crippen molar-refractivity contribution in [3.8, 4) is 0 Å². The summed E-state index contributed by atoms with van der Waals surface area (Å²) in [5.74, 6) is -0.601. The van der Waals surface area contributed by atoms with Gasteiger partial charge in [-0.3, -0.25) is 14.2 Å². The normalized spacial score (nSPS) is 14.1. The first-order chi connectivity index (χ1) is 37.9. The van der Waals surface area contributed by atoms with Crippen molar-refractivity contribution < 1.29 is 37.3 Å². The zero-order valence-electron chi connectivity index (χ0n) is 51.9. The molecule has 0 heterocycles. The minimum absolute atomic E-state index is 0.0320. The Morgan fingerprint density at radius 2 is 0.795 bits per heavy atom. The van der Waals surface area contributed by atoms with Gasteiger partial charge in [0, 0.05) is 12.8 Å². The zero-order valence-corrected chi connectivity index (χ0v) is 52.8. The van der Waals surface area contributed by atoms with E-state index in [0.29, 0.717) is 23.9 Å². The van der Waals surface area contributed by atoms with Crippen LogP contribution in [0.3, 0.4) is 0 Å². The van der Waals surface area contributed by atoms with Gasteiger partial charge in [0.25, 0.3) is 7.82 Å². The van der Waals surface area contributed by atoms with Crippen LogP contribution in [-0.2, 0) is 27.9 Å². The predicted molar refractivity (Wildman–Crippen MR) is 335 cm³/mol. The number of likely N-dealkylation sites (N-methyl/N-ethyl adjacent to an activating group) is 1. The van der Waals surface area contributed by atoms with E-state index in [2.05, 4.69) is 86.8 Å². The fourth-order valence-corrected chi connectivity index (χ4v) is 10.00. The van der Waals surface area contributed by atoms with Crippen LogP contribution < -0.4 is 10.2 Å². The summed E-state index contributed by atoms with van der Waals surface area (Å²) < 4.78 is 30.3. The first kappa shape index (κ1) is 75.5. The molecule has 0 aromatic rings. The van der Waals surface area contributed by atoms with Crippen LogP contribution in [0, 0.1) is 0 Å². The Kier molecular flexibility index (Phi) is 55.8. The van der Waals surface area contributed by atoms with Gasteiger partial charge in [0.1, 0.15) is 19.3 Å². The molecule has 0 spiro atoms. The van der Waals surface area contributed by atoms with Gasteiger partial charge >= 0.3 is 5.97 Å². The molecule has 0 aliphatic carbocycles. The summed E-state index contributed by atoms with van der Waals surface area (Å²) >= 11 is 0. The first-order valence-electron chi connectivity index (χ1n) is 32.7. The molecule has 1 amide bonds. The second-order valence-electron chi connectivity index (χ2n) is 23.3. The van der Waals surface area contributed by atoms with E-state index in [-0.39, 0.29) is 18.9 Å². The quantitative estimate of drug-likeness (QED) is 0.0212. The maximum absolute atomic E-state index is 13.6. The average Bonchev–Trinajstić information content (AvgIpc) is 3.40. The first-order valence-corrected chi connectivity index (χ1v) is 34.2. The molecule has 3 atom stereocenters. The lowest BCUT2D eigenvalue weighted by molar-refractivity contribution is -0.870. The number of unbranched alkanes of at least 4 members (excludes halogenated alkanes) is 33. The van der Waals surface area contributed by atoms with Gasteiger partial charge in [-0.05, 0) is 96.0 Å². The Bertz CT molecular complexity index is 1570. The minimum Gasteiger partial charge on any atom is -0.756 e. The molecule has 454 valence electrons. The lowest BCUT2D eigenvalue weighted by atomic mass is 10.0. The highest BCUT2D eigenvalue weighted by atomic mass is 31.2. The molecule has 0 fully saturated rings. The molecule has 0 saturated heterocycles. The van der Waals surface area contributed by atoms with Gasteiger partial charge in [0.05, 0.1) is 33.8 Å². The number of esters is 1. The number of hydrogen-bond donors (Lipinski definition) is 1. The number of ether oxygens (including phenoxy) is 1. The third kappa shape index (κ3) is 58.1. The number of allylic oxidation sites excluding steroid dienone is 11. The Labute approximate surface area is 483 Å². The summed E-state index contributed by atoms with van der Waals surface area (Å²) in [5.41, 5.74) is 0. The van der Waals surface area contributed by atoms with Crippen LogP contribution in [-0.4, -0.2) is 69.4 Å². The SMILES string of the molecule is CCCCC/C=C\C/C=C\C/C=C\C/C=C\CCCC(=O)OC(/C=C\CCCCCCCCCCCC)C(COP(=O)([O-])OCC[N+](C)(C)C)NC(=O)CCCCCCCCCCCCCCC/C=C/CCCCCCCC. The van der Waals surface area contributed by atoms with Crippen LogP contribution in [0.4, 0.5) is 0 Å². The van der Waals surface area contributed by atoms with Crippen molar-refractivity contribution >= 4 is 19.7 Å². The number of phosphoric ester groups is 1. The van der Waals surface area contributed by atoms with Gasteiger partial charge in [-0.15, -0.1) is 0 Å². The molecule has 10 heteroatoms. The van der Waals surface area contributed by atoms with Crippen molar-refractivity contribution in [2.45, 2.75) is 309 Å².